The first-order valence-electron chi connectivity index (χ1n) is 12.1. The lowest BCUT2D eigenvalue weighted by molar-refractivity contribution is -0.130. The number of carbonyl (C=O) groups is 2. The third-order valence-corrected chi connectivity index (χ3v) is 6.82. The average molecular weight is 565 g/mol. The molecule has 0 saturated heterocycles. The molecule has 2 aromatic heterocycles. The van der Waals surface area contributed by atoms with E-state index in [2.05, 4.69) is 4.98 Å². The highest BCUT2D eigenvalue weighted by Gasteiger charge is 2.45. The Hall–Kier alpha value is -4.70. The first kappa shape index (κ1) is 26.9. The Bertz CT molecular complexity index is 1620. The summed E-state index contributed by atoms with van der Waals surface area (Å²) in [5, 5.41) is 12.0. The molecule has 2 aromatic carbocycles. The fourth-order valence-corrected chi connectivity index (χ4v) is 5.02. The molecule has 5 rings (SSSR count). The van der Waals surface area contributed by atoms with Crippen LogP contribution in [-0.4, -0.2) is 55.1 Å². The largest absolute Gasteiger partial charge is 0.503 e. The van der Waals surface area contributed by atoms with Crippen molar-refractivity contribution in [2.24, 2.45) is 0 Å². The van der Waals surface area contributed by atoms with E-state index < -0.39 is 23.5 Å². The molecule has 1 unspecified atom stereocenters. The van der Waals surface area contributed by atoms with E-state index in [1.54, 1.807) is 48.7 Å². The molecule has 4 aromatic rings. The number of methoxy groups -OCH3 is 4. The minimum absolute atomic E-state index is 0.00536. The molecule has 10 nitrogen and oxygen atoms in total. The monoisotopic (exact) mass is 564 g/mol. The molecule has 1 N–H and O–H groups in total. The van der Waals surface area contributed by atoms with Crippen LogP contribution < -0.4 is 18.9 Å². The Kier molecular flexibility index (Phi) is 7.27. The van der Waals surface area contributed by atoms with Crippen molar-refractivity contribution in [3.8, 4) is 23.0 Å². The highest BCUT2D eigenvalue weighted by atomic mass is 35.5. The van der Waals surface area contributed by atoms with Crippen LogP contribution in [0.3, 0.4) is 0 Å². The number of rotatable bonds is 9. The summed E-state index contributed by atoms with van der Waals surface area (Å²) in [6, 6.07) is 12.1. The fraction of sp³-hybridized carbons (Fsp3) is 0.207. The molecule has 1 atom stereocenters. The number of aromatic nitrogens is 1. The van der Waals surface area contributed by atoms with Crippen LogP contribution in [-0.2, 0) is 11.3 Å². The van der Waals surface area contributed by atoms with Crippen molar-refractivity contribution in [3.05, 3.63) is 88.1 Å². The number of Topliss-reactive ketones (excluding diaryl/α,β-unsaturated/α-hetero) is 1. The smallest absolute Gasteiger partial charge is 0.290 e. The second kappa shape index (κ2) is 10.8. The molecule has 1 aliphatic heterocycles. The zero-order valence-electron chi connectivity index (χ0n) is 22.1. The van der Waals surface area contributed by atoms with Gasteiger partial charge in [0.05, 0.1) is 52.3 Å². The Morgan fingerprint density at radius 2 is 1.70 bits per heavy atom. The number of fused-ring (bicyclic) bond motifs is 1. The Balaban J connectivity index is 1.68. The maximum Gasteiger partial charge on any atom is 0.290 e. The van der Waals surface area contributed by atoms with E-state index in [4.69, 9.17) is 35.0 Å². The molecule has 40 heavy (non-hydrogen) atoms. The molecule has 1 amide bonds. The molecule has 0 fully saturated rings. The minimum atomic E-state index is -1.05. The number of benzene rings is 2. The average Bonchev–Trinajstić information content (AvgIpc) is 3.50. The topological polar surface area (TPSA) is 121 Å². The molecular formula is C29H25ClN2O8. The van der Waals surface area contributed by atoms with Gasteiger partial charge in [0.2, 0.25) is 11.5 Å². The highest BCUT2D eigenvalue weighted by molar-refractivity contribution is 6.31. The predicted molar refractivity (Wildman–Crippen MR) is 145 cm³/mol. The van der Waals surface area contributed by atoms with Gasteiger partial charge in [0, 0.05) is 22.7 Å². The van der Waals surface area contributed by atoms with E-state index in [-0.39, 0.29) is 17.9 Å². The summed E-state index contributed by atoms with van der Waals surface area (Å²) < 4.78 is 27.7. The van der Waals surface area contributed by atoms with Crippen LogP contribution in [0.5, 0.6) is 23.0 Å². The molecule has 0 spiro atoms. The first-order valence-corrected chi connectivity index (χ1v) is 12.4. The minimum Gasteiger partial charge on any atom is -0.503 e. The molecule has 0 bridgehead atoms. The molecule has 3 heterocycles. The van der Waals surface area contributed by atoms with Crippen LogP contribution in [0.1, 0.15) is 27.9 Å². The van der Waals surface area contributed by atoms with E-state index in [0.29, 0.717) is 50.2 Å². The number of furan rings is 1. The second-order valence-corrected chi connectivity index (χ2v) is 9.28. The zero-order valence-corrected chi connectivity index (χ0v) is 22.8. The Labute approximate surface area is 234 Å². The van der Waals surface area contributed by atoms with Gasteiger partial charge in [-0.1, -0.05) is 17.7 Å². The zero-order chi connectivity index (χ0) is 28.6. The number of nitrogens with zero attached hydrogens (tertiary/aromatic N) is 2. The molecule has 0 radical (unpaired) electrons. The van der Waals surface area contributed by atoms with Crippen molar-refractivity contribution >= 4 is 34.3 Å². The maximum absolute atomic E-state index is 14.0. The van der Waals surface area contributed by atoms with Crippen LogP contribution in [0.4, 0.5) is 0 Å². The van der Waals surface area contributed by atoms with Crippen molar-refractivity contribution in [1.82, 2.24) is 9.88 Å². The Morgan fingerprint density at radius 3 is 2.30 bits per heavy atom. The lowest BCUT2D eigenvalue weighted by Crippen LogP contribution is -2.31. The third-order valence-electron chi connectivity index (χ3n) is 6.60. The van der Waals surface area contributed by atoms with Crippen LogP contribution >= 0.6 is 11.6 Å². The van der Waals surface area contributed by atoms with Gasteiger partial charge in [0.1, 0.15) is 0 Å². The molecule has 206 valence electrons. The summed E-state index contributed by atoms with van der Waals surface area (Å²) in [6.45, 7) is 0.00536. The van der Waals surface area contributed by atoms with E-state index in [0.717, 1.165) is 0 Å². The van der Waals surface area contributed by atoms with Crippen molar-refractivity contribution in [3.63, 3.8) is 0 Å². The van der Waals surface area contributed by atoms with Crippen molar-refractivity contribution in [2.45, 2.75) is 12.6 Å². The van der Waals surface area contributed by atoms with Crippen LogP contribution in [0.25, 0.3) is 11.0 Å². The molecule has 1 aliphatic rings. The lowest BCUT2D eigenvalue weighted by Gasteiger charge is -2.27. The van der Waals surface area contributed by atoms with Gasteiger partial charge in [-0.2, -0.15) is 0 Å². The quantitative estimate of drug-likeness (QED) is 0.270. The number of hydrogen-bond acceptors (Lipinski definition) is 9. The summed E-state index contributed by atoms with van der Waals surface area (Å²) in [6.07, 6.45) is 1.59. The van der Waals surface area contributed by atoms with Crippen molar-refractivity contribution in [1.29, 1.82) is 0 Å². The number of pyridine rings is 1. The third kappa shape index (κ3) is 4.56. The number of halogens is 1. The molecule has 0 aliphatic carbocycles. The van der Waals surface area contributed by atoms with Gasteiger partial charge in [0.25, 0.3) is 5.91 Å². The lowest BCUT2D eigenvalue weighted by atomic mass is 9.94. The number of aliphatic hydroxyl groups is 1. The van der Waals surface area contributed by atoms with E-state index >= 15 is 0 Å². The standard InChI is InChI=1S/C29H25ClN2O8/c1-36-20-10-15(11-21(37-2)28(20)39-4)24-23(26(34)29(35)32(24)14-18-7-5-6-8-31-18)25(33)19-12-16-9-17(30)13-22(38-3)27(16)40-19/h5-13,24,34H,14H2,1-4H3. The number of aliphatic hydroxyl groups excluding tert-OH is 1. The van der Waals surface area contributed by atoms with Crippen molar-refractivity contribution in [2.75, 3.05) is 28.4 Å². The number of hydrogen-bond donors (Lipinski definition) is 1. The summed E-state index contributed by atoms with van der Waals surface area (Å²) in [7, 11) is 5.84. The van der Waals surface area contributed by atoms with Gasteiger partial charge in [0.15, 0.2) is 34.4 Å². The summed E-state index contributed by atoms with van der Waals surface area (Å²) in [4.78, 5) is 33.1. The van der Waals surface area contributed by atoms with E-state index in [1.165, 1.54) is 39.4 Å². The van der Waals surface area contributed by atoms with Gasteiger partial charge < -0.3 is 33.4 Å². The molecule has 11 heteroatoms. The number of ether oxygens (including phenoxy) is 4. The van der Waals surface area contributed by atoms with Crippen LogP contribution in [0.15, 0.2) is 70.5 Å². The van der Waals surface area contributed by atoms with Gasteiger partial charge in [-0.3, -0.25) is 14.6 Å². The Morgan fingerprint density at radius 1 is 1.00 bits per heavy atom. The van der Waals surface area contributed by atoms with E-state index in [9.17, 15) is 14.7 Å². The fourth-order valence-electron chi connectivity index (χ4n) is 4.80. The van der Waals surface area contributed by atoms with Crippen LogP contribution in [0.2, 0.25) is 5.02 Å². The SMILES string of the molecule is COc1cc(C2C(C(=O)c3cc4cc(Cl)cc(OC)c4o3)=C(O)C(=O)N2Cc2ccccn2)cc(OC)c1OC. The number of ketones is 1. The van der Waals surface area contributed by atoms with Gasteiger partial charge in [-0.15, -0.1) is 0 Å². The van der Waals surface area contributed by atoms with Gasteiger partial charge in [-0.25, -0.2) is 0 Å². The summed E-state index contributed by atoms with van der Waals surface area (Å²) in [5.41, 5.74) is 1.11. The summed E-state index contributed by atoms with van der Waals surface area (Å²) in [5.74, 6) is -0.970. The number of carbonyl (C=O) groups excluding carboxylic acids is 2. The maximum atomic E-state index is 14.0. The molecular weight excluding hydrogens is 540 g/mol. The van der Waals surface area contributed by atoms with Crippen LogP contribution in [0, 0.1) is 0 Å². The predicted octanol–water partition coefficient (Wildman–Crippen LogP) is 5.29. The highest BCUT2D eigenvalue weighted by Crippen LogP contribution is 2.46. The second-order valence-electron chi connectivity index (χ2n) is 8.84. The number of amides is 1. The van der Waals surface area contributed by atoms with Gasteiger partial charge in [-0.05, 0) is 42.0 Å². The molecule has 0 saturated carbocycles. The van der Waals surface area contributed by atoms with E-state index in [1.807, 2.05) is 0 Å². The summed E-state index contributed by atoms with van der Waals surface area (Å²) >= 11 is 6.19. The normalized spacial score (nSPS) is 15.1. The first-order chi connectivity index (χ1) is 19.3. The van der Waals surface area contributed by atoms with Crippen molar-refractivity contribution < 1.29 is 38.1 Å². The van der Waals surface area contributed by atoms with Gasteiger partial charge >= 0.3 is 0 Å².